The minimum atomic E-state index is -0.0692. The molecule has 0 bridgehead atoms. The van der Waals surface area contributed by atoms with Crippen LogP contribution >= 0.6 is 0 Å². The summed E-state index contributed by atoms with van der Waals surface area (Å²) in [6, 6.07) is 1.76. The maximum atomic E-state index is 11.1. The average Bonchev–Trinajstić information content (AvgIpc) is 2.24. The van der Waals surface area contributed by atoms with Crippen LogP contribution in [0.25, 0.3) is 6.08 Å². The zero-order valence-corrected chi connectivity index (χ0v) is 9.36. The number of carbonyl (C=O) groups excluding carboxylic acids is 2. The zero-order valence-electron chi connectivity index (χ0n) is 9.36. The third-order valence-electron chi connectivity index (χ3n) is 1.95. The van der Waals surface area contributed by atoms with E-state index in [1.165, 1.54) is 20.0 Å². The van der Waals surface area contributed by atoms with Gasteiger partial charge in [-0.3, -0.25) is 14.6 Å². The van der Waals surface area contributed by atoms with Crippen LogP contribution in [-0.2, 0) is 4.79 Å². The monoisotopic (exact) mass is 218 g/mol. The van der Waals surface area contributed by atoms with Crippen molar-refractivity contribution in [3.8, 4) is 0 Å². The van der Waals surface area contributed by atoms with Crippen LogP contribution < -0.4 is 5.32 Å². The normalized spacial score (nSPS) is 10.4. The van der Waals surface area contributed by atoms with Crippen LogP contribution in [-0.4, -0.2) is 23.2 Å². The molecule has 1 aromatic heterocycles. The fraction of sp³-hybridized carbons (Fsp3) is 0.250. The molecule has 0 atom stereocenters. The Balaban J connectivity index is 2.63. The first-order valence-corrected chi connectivity index (χ1v) is 4.96. The number of hydrogen-bond acceptors (Lipinski definition) is 3. The first-order chi connectivity index (χ1) is 7.59. The number of aromatic nitrogens is 1. The number of nitrogens with one attached hydrogen (secondary N) is 1. The highest BCUT2D eigenvalue weighted by molar-refractivity contribution is 5.94. The standard InChI is InChI=1S/C12H14N2O2/c1-9(15)12-6-11(7-13-8-12)4-3-5-14-10(2)16/h3-4,6-8H,5H2,1-2H3,(H,14,16). The van der Waals surface area contributed by atoms with E-state index in [0.29, 0.717) is 12.1 Å². The predicted octanol–water partition coefficient (Wildman–Crippen LogP) is 1.43. The van der Waals surface area contributed by atoms with Crippen molar-refractivity contribution >= 4 is 17.8 Å². The van der Waals surface area contributed by atoms with E-state index < -0.39 is 0 Å². The summed E-state index contributed by atoms with van der Waals surface area (Å²) < 4.78 is 0. The van der Waals surface area contributed by atoms with Gasteiger partial charge in [-0.1, -0.05) is 12.2 Å². The van der Waals surface area contributed by atoms with Crippen LogP contribution in [0.5, 0.6) is 0 Å². The molecule has 0 saturated carbocycles. The van der Waals surface area contributed by atoms with Crippen LogP contribution in [0.15, 0.2) is 24.5 Å². The maximum Gasteiger partial charge on any atom is 0.217 e. The lowest BCUT2D eigenvalue weighted by Crippen LogP contribution is -2.19. The number of nitrogens with zero attached hydrogens (tertiary/aromatic N) is 1. The van der Waals surface area contributed by atoms with Gasteiger partial charge >= 0.3 is 0 Å². The van der Waals surface area contributed by atoms with Gasteiger partial charge < -0.3 is 5.32 Å². The predicted molar refractivity (Wildman–Crippen MR) is 62.0 cm³/mol. The molecule has 84 valence electrons. The highest BCUT2D eigenvalue weighted by atomic mass is 16.1. The van der Waals surface area contributed by atoms with Gasteiger partial charge in [0.1, 0.15) is 0 Å². The summed E-state index contributed by atoms with van der Waals surface area (Å²) in [4.78, 5) is 25.7. The largest absolute Gasteiger partial charge is 0.353 e. The van der Waals surface area contributed by atoms with Crippen molar-refractivity contribution in [2.24, 2.45) is 0 Å². The van der Waals surface area contributed by atoms with Gasteiger partial charge in [0.05, 0.1) is 0 Å². The SMILES string of the molecule is CC(=O)NCC=Cc1cncc(C(C)=O)c1. The van der Waals surface area contributed by atoms with E-state index in [9.17, 15) is 9.59 Å². The minimum absolute atomic E-state index is 0.00962. The van der Waals surface area contributed by atoms with Gasteiger partial charge in [0.25, 0.3) is 0 Å². The average molecular weight is 218 g/mol. The molecule has 0 aromatic carbocycles. The third kappa shape index (κ3) is 4.04. The van der Waals surface area contributed by atoms with Gasteiger partial charge in [-0.05, 0) is 18.6 Å². The summed E-state index contributed by atoms with van der Waals surface area (Å²) in [5.74, 6) is -0.0788. The molecule has 16 heavy (non-hydrogen) atoms. The third-order valence-corrected chi connectivity index (χ3v) is 1.95. The van der Waals surface area contributed by atoms with Gasteiger partial charge in [0.15, 0.2) is 5.78 Å². The maximum absolute atomic E-state index is 11.1. The van der Waals surface area contributed by atoms with Crippen molar-refractivity contribution in [3.05, 3.63) is 35.7 Å². The van der Waals surface area contributed by atoms with Crippen LogP contribution in [0.3, 0.4) is 0 Å². The highest BCUT2D eigenvalue weighted by Gasteiger charge is 1.98. The number of Topliss-reactive ketones (excluding diaryl/α,β-unsaturated/α-hetero) is 1. The fourth-order valence-electron chi connectivity index (χ4n) is 1.14. The van der Waals surface area contributed by atoms with Crippen molar-refractivity contribution in [3.63, 3.8) is 0 Å². The molecule has 4 nitrogen and oxygen atoms in total. The molecule has 1 rings (SSSR count). The summed E-state index contributed by atoms with van der Waals surface area (Å²) in [6.45, 7) is 3.44. The molecule has 1 N–H and O–H groups in total. The van der Waals surface area contributed by atoms with E-state index >= 15 is 0 Å². The fourth-order valence-corrected chi connectivity index (χ4v) is 1.14. The van der Waals surface area contributed by atoms with E-state index in [1.54, 1.807) is 12.3 Å². The lowest BCUT2D eigenvalue weighted by Gasteiger charge is -1.97. The number of carbonyl (C=O) groups is 2. The first kappa shape index (κ1) is 12.1. The Bertz CT molecular complexity index is 425. The minimum Gasteiger partial charge on any atom is -0.353 e. The molecule has 0 aliphatic carbocycles. The second kappa shape index (κ2) is 5.80. The van der Waals surface area contributed by atoms with Crippen molar-refractivity contribution in [2.75, 3.05) is 6.54 Å². The molecular formula is C12H14N2O2. The van der Waals surface area contributed by atoms with Gasteiger partial charge in [0, 0.05) is 31.4 Å². The molecule has 0 unspecified atom stereocenters. The second-order valence-electron chi connectivity index (χ2n) is 3.40. The Hall–Kier alpha value is -1.97. The van der Waals surface area contributed by atoms with E-state index in [-0.39, 0.29) is 11.7 Å². The molecule has 0 aliphatic rings. The molecular weight excluding hydrogens is 204 g/mol. The number of pyridine rings is 1. The van der Waals surface area contributed by atoms with Gasteiger partial charge in [0.2, 0.25) is 5.91 Å². The summed E-state index contributed by atoms with van der Waals surface area (Å²) >= 11 is 0. The molecule has 0 radical (unpaired) electrons. The van der Waals surface area contributed by atoms with Crippen LogP contribution in [0.2, 0.25) is 0 Å². The van der Waals surface area contributed by atoms with Crippen molar-refractivity contribution in [1.82, 2.24) is 10.3 Å². The van der Waals surface area contributed by atoms with E-state index in [4.69, 9.17) is 0 Å². The summed E-state index contributed by atoms with van der Waals surface area (Å²) in [5.41, 5.74) is 1.43. The number of hydrogen-bond donors (Lipinski definition) is 1. The lowest BCUT2D eigenvalue weighted by molar-refractivity contribution is -0.118. The lowest BCUT2D eigenvalue weighted by atomic mass is 10.1. The smallest absolute Gasteiger partial charge is 0.217 e. The second-order valence-corrected chi connectivity index (χ2v) is 3.40. The molecule has 0 saturated heterocycles. The number of amides is 1. The molecule has 0 spiro atoms. The van der Waals surface area contributed by atoms with Crippen molar-refractivity contribution < 1.29 is 9.59 Å². The summed E-state index contributed by atoms with van der Waals surface area (Å²) in [5, 5.41) is 2.64. The molecule has 4 heteroatoms. The Morgan fingerprint density at radius 3 is 2.75 bits per heavy atom. The number of rotatable bonds is 4. The first-order valence-electron chi connectivity index (χ1n) is 4.96. The topological polar surface area (TPSA) is 59.1 Å². The molecule has 1 amide bonds. The van der Waals surface area contributed by atoms with E-state index in [0.717, 1.165) is 5.56 Å². The van der Waals surface area contributed by atoms with Crippen LogP contribution in [0.1, 0.15) is 29.8 Å². The van der Waals surface area contributed by atoms with Crippen LogP contribution in [0.4, 0.5) is 0 Å². The summed E-state index contributed by atoms with van der Waals surface area (Å²) in [7, 11) is 0. The Labute approximate surface area is 94.4 Å². The number of ketones is 1. The quantitative estimate of drug-likeness (QED) is 0.778. The zero-order chi connectivity index (χ0) is 12.0. The van der Waals surface area contributed by atoms with Crippen molar-refractivity contribution in [1.29, 1.82) is 0 Å². The molecule has 0 aliphatic heterocycles. The molecule has 0 fully saturated rings. The van der Waals surface area contributed by atoms with Gasteiger partial charge in [-0.2, -0.15) is 0 Å². The highest BCUT2D eigenvalue weighted by Crippen LogP contribution is 2.05. The Morgan fingerprint density at radius 2 is 2.12 bits per heavy atom. The Kier molecular flexibility index (Phi) is 4.39. The van der Waals surface area contributed by atoms with Gasteiger partial charge in [-0.25, -0.2) is 0 Å². The Morgan fingerprint density at radius 1 is 1.38 bits per heavy atom. The van der Waals surface area contributed by atoms with E-state index in [1.807, 2.05) is 12.2 Å². The van der Waals surface area contributed by atoms with Crippen molar-refractivity contribution in [2.45, 2.75) is 13.8 Å². The molecule has 1 aromatic rings. The summed E-state index contributed by atoms with van der Waals surface area (Å²) in [6.07, 6.45) is 6.82. The molecule has 1 heterocycles. The van der Waals surface area contributed by atoms with Gasteiger partial charge in [-0.15, -0.1) is 0 Å². The van der Waals surface area contributed by atoms with E-state index in [2.05, 4.69) is 10.3 Å². The van der Waals surface area contributed by atoms with Crippen LogP contribution in [0, 0.1) is 0 Å².